The summed E-state index contributed by atoms with van der Waals surface area (Å²) in [5, 5.41) is 3.41. The number of nitrogens with one attached hydrogen (secondary N) is 1. The Morgan fingerprint density at radius 3 is 2.42 bits per heavy atom. The van der Waals surface area contributed by atoms with E-state index in [0.29, 0.717) is 17.3 Å². The second-order valence-corrected chi connectivity index (χ2v) is 6.64. The molecule has 0 spiro atoms. The summed E-state index contributed by atoms with van der Waals surface area (Å²) in [4.78, 5) is 16.7. The van der Waals surface area contributed by atoms with Crippen LogP contribution in [0.1, 0.15) is 0 Å². The second kappa shape index (κ2) is 9.46. The molecule has 6 heteroatoms. The molecule has 1 saturated heterocycles. The van der Waals surface area contributed by atoms with Gasteiger partial charge in [-0.15, -0.1) is 0 Å². The van der Waals surface area contributed by atoms with Crippen LogP contribution in [0, 0.1) is 0 Å². The van der Waals surface area contributed by atoms with Crippen molar-refractivity contribution in [1.82, 2.24) is 10.2 Å². The summed E-state index contributed by atoms with van der Waals surface area (Å²) in [6.45, 7) is 5.46. The molecule has 0 unspecified atom stereocenters. The standard InChI is InChI=1S/C20H24ClN3O2/c21-18-8-4-5-9-19(18)26-16-20(25)22-10-11-23-12-14-24(15-13-23)17-6-2-1-3-7-17/h1-9H,10-16H2,(H,22,25). The lowest BCUT2D eigenvalue weighted by Crippen LogP contribution is -2.48. The molecular formula is C20H24ClN3O2. The third-order valence-electron chi connectivity index (χ3n) is 4.44. The lowest BCUT2D eigenvalue weighted by Gasteiger charge is -2.36. The number of nitrogens with zero attached hydrogens (tertiary/aromatic N) is 2. The molecule has 1 aliphatic heterocycles. The SMILES string of the molecule is O=C(COc1ccccc1Cl)NCCN1CCN(c2ccccc2)CC1. The Kier molecular flexibility index (Phi) is 6.75. The van der Waals surface area contributed by atoms with Gasteiger partial charge in [0.25, 0.3) is 5.91 Å². The Labute approximate surface area is 159 Å². The predicted octanol–water partition coefficient (Wildman–Crippen LogP) is 2.66. The number of carbonyl (C=O) groups is 1. The van der Waals surface area contributed by atoms with E-state index in [2.05, 4.69) is 39.4 Å². The van der Waals surface area contributed by atoms with Gasteiger partial charge in [-0.25, -0.2) is 0 Å². The van der Waals surface area contributed by atoms with E-state index in [1.165, 1.54) is 5.69 Å². The summed E-state index contributed by atoms with van der Waals surface area (Å²) >= 11 is 6.00. The van der Waals surface area contributed by atoms with E-state index in [4.69, 9.17) is 16.3 Å². The van der Waals surface area contributed by atoms with Crippen molar-refractivity contribution in [1.29, 1.82) is 0 Å². The topological polar surface area (TPSA) is 44.8 Å². The fourth-order valence-corrected chi connectivity index (χ4v) is 3.17. The van der Waals surface area contributed by atoms with E-state index in [9.17, 15) is 4.79 Å². The monoisotopic (exact) mass is 373 g/mol. The fourth-order valence-electron chi connectivity index (χ4n) is 2.98. The molecule has 2 aromatic carbocycles. The smallest absolute Gasteiger partial charge is 0.257 e. The molecule has 1 fully saturated rings. The van der Waals surface area contributed by atoms with E-state index in [-0.39, 0.29) is 12.5 Å². The molecule has 5 nitrogen and oxygen atoms in total. The molecule has 1 heterocycles. The number of anilines is 1. The first kappa shape index (κ1) is 18.5. The Hall–Kier alpha value is -2.24. The molecule has 1 aliphatic rings. The summed E-state index contributed by atoms with van der Waals surface area (Å²) in [6.07, 6.45) is 0. The number of benzene rings is 2. The maximum absolute atomic E-state index is 11.9. The van der Waals surface area contributed by atoms with Crippen molar-refractivity contribution in [3.63, 3.8) is 0 Å². The van der Waals surface area contributed by atoms with Crippen LogP contribution in [-0.2, 0) is 4.79 Å². The van der Waals surface area contributed by atoms with Gasteiger partial charge in [0.1, 0.15) is 5.75 Å². The van der Waals surface area contributed by atoms with Gasteiger partial charge in [0.05, 0.1) is 5.02 Å². The second-order valence-electron chi connectivity index (χ2n) is 6.23. The van der Waals surface area contributed by atoms with Gasteiger partial charge < -0.3 is 15.0 Å². The lowest BCUT2D eigenvalue weighted by molar-refractivity contribution is -0.123. The highest BCUT2D eigenvalue weighted by molar-refractivity contribution is 6.32. The first-order valence-corrected chi connectivity index (χ1v) is 9.26. The number of ether oxygens (including phenoxy) is 1. The van der Waals surface area contributed by atoms with Crippen LogP contribution in [-0.4, -0.2) is 56.7 Å². The average molecular weight is 374 g/mol. The highest BCUT2D eigenvalue weighted by Gasteiger charge is 2.16. The van der Waals surface area contributed by atoms with Crippen molar-refractivity contribution in [2.45, 2.75) is 0 Å². The molecule has 0 radical (unpaired) electrons. The van der Waals surface area contributed by atoms with Gasteiger partial charge in [0, 0.05) is 45.0 Å². The zero-order valence-corrected chi connectivity index (χ0v) is 15.5. The molecule has 0 saturated carbocycles. The third-order valence-corrected chi connectivity index (χ3v) is 4.75. The minimum Gasteiger partial charge on any atom is -0.482 e. The Balaban J connectivity index is 1.32. The van der Waals surface area contributed by atoms with E-state index in [1.807, 2.05) is 18.2 Å². The van der Waals surface area contributed by atoms with Gasteiger partial charge in [-0.3, -0.25) is 9.69 Å². The largest absolute Gasteiger partial charge is 0.482 e. The van der Waals surface area contributed by atoms with Gasteiger partial charge in [-0.1, -0.05) is 41.9 Å². The van der Waals surface area contributed by atoms with Crippen molar-refractivity contribution < 1.29 is 9.53 Å². The maximum Gasteiger partial charge on any atom is 0.257 e. The van der Waals surface area contributed by atoms with Crippen molar-refractivity contribution in [3.05, 3.63) is 59.6 Å². The normalized spacial score (nSPS) is 14.9. The quantitative estimate of drug-likeness (QED) is 0.810. The Morgan fingerprint density at radius 1 is 1.00 bits per heavy atom. The first-order valence-electron chi connectivity index (χ1n) is 8.89. The minimum atomic E-state index is -0.132. The molecule has 138 valence electrons. The average Bonchev–Trinajstić information content (AvgIpc) is 2.69. The minimum absolute atomic E-state index is 0.0223. The highest BCUT2D eigenvalue weighted by Crippen LogP contribution is 2.22. The molecule has 1 amide bonds. The Bertz CT molecular complexity index is 703. The van der Waals surface area contributed by atoms with Gasteiger partial charge in [-0.05, 0) is 24.3 Å². The molecule has 1 N–H and O–H groups in total. The number of hydrogen-bond donors (Lipinski definition) is 1. The highest BCUT2D eigenvalue weighted by atomic mass is 35.5. The van der Waals surface area contributed by atoms with Gasteiger partial charge in [-0.2, -0.15) is 0 Å². The number of piperazine rings is 1. The van der Waals surface area contributed by atoms with Crippen molar-refractivity contribution in [2.24, 2.45) is 0 Å². The molecule has 0 atom stereocenters. The zero-order chi connectivity index (χ0) is 18.2. The van der Waals surface area contributed by atoms with Crippen molar-refractivity contribution in [2.75, 3.05) is 50.8 Å². The summed E-state index contributed by atoms with van der Waals surface area (Å²) in [7, 11) is 0. The molecule has 3 rings (SSSR count). The number of hydrogen-bond acceptors (Lipinski definition) is 4. The summed E-state index contributed by atoms with van der Waals surface area (Å²) in [5.41, 5.74) is 1.28. The van der Waals surface area contributed by atoms with E-state index in [0.717, 1.165) is 32.7 Å². The number of rotatable bonds is 7. The third kappa shape index (κ3) is 5.38. The summed E-state index contributed by atoms with van der Waals surface area (Å²) in [5.74, 6) is 0.397. The van der Waals surface area contributed by atoms with Gasteiger partial charge in [0.2, 0.25) is 0 Å². The molecule has 0 bridgehead atoms. The Morgan fingerprint density at radius 2 is 1.69 bits per heavy atom. The molecule has 0 aromatic heterocycles. The van der Waals surface area contributed by atoms with Crippen LogP contribution < -0.4 is 15.0 Å². The van der Waals surface area contributed by atoms with Crippen LogP contribution in [0.25, 0.3) is 0 Å². The first-order chi connectivity index (χ1) is 12.7. The lowest BCUT2D eigenvalue weighted by atomic mass is 10.2. The fraction of sp³-hybridized carbons (Fsp3) is 0.350. The maximum atomic E-state index is 11.9. The van der Waals surface area contributed by atoms with Crippen molar-refractivity contribution in [3.8, 4) is 5.75 Å². The molecular weight excluding hydrogens is 350 g/mol. The van der Waals surface area contributed by atoms with E-state index in [1.54, 1.807) is 12.1 Å². The van der Waals surface area contributed by atoms with Crippen LogP contribution in [0.3, 0.4) is 0 Å². The molecule has 2 aromatic rings. The van der Waals surface area contributed by atoms with Gasteiger partial charge >= 0.3 is 0 Å². The molecule has 26 heavy (non-hydrogen) atoms. The number of halogens is 1. The summed E-state index contributed by atoms with van der Waals surface area (Å²) < 4.78 is 5.44. The van der Waals surface area contributed by atoms with Gasteiger partial charge in [0.15, 0.2) is 6.61 Å². The summed E-state index contributed by atoms with van der Waals surface area (Å²) in [6, 6.07) is 17.6. The predicted molar refractivity (Wildman–Crippen MR) is 105 cm³/mol. The van der Waals surface area contributed by atoms with Crippen LogP contribution in [0.5, 0.6) is 5.75 Å². The van der Waals surface area contributed by atoms with Crippen LogP contribution in [0.15, 0.2) is 54.6 Å². The molecule has 0 aliphatic carbocycles. The van der Waals surface area contributed by atoms with Crippen molar-refractivity contribution >= 4 is 23.2 Å². The van der Waals surface area contributed by atoms with Crippen LogP contribution in [0.4, 0.5) is 5.69 Å². The zero-order valence-electron chi connectivity index (χ0n) is 14.7. The van der Waals surface area contributed by atoms with Crippen LogP contribution >= 0.6 is 11.6 Å². The number of amides is 1. The number of para-hydroxylation sites is 2. The van der Waals surface area contributed by atoms with Crippen LogP contribution in [0.2, 0.25) is 5.02 Å². The van der Waals surface area contributed by atoms with E-state index < -0.39 is 0 Å². The van der Waals surface area contributed by atoms with E-state index >= 15 is 0 Å². The number of carbonyl (C=O) groups excluding carboxylic acids is 1.